The topological polar surface area (TPSA) is 37.4 Å². The largest absolute Gasteiger partial charge is 0.471 e. The van der Waals surface area contributed by atoms with Crippen molar-refractivity contribution in [3.8, 4) is 0 Å². The number of hydrogen-bond acceptors (Lipinski definition) is 3. The molecule has 0 saturated heterocycles. The summed E-state index contributed by atoms with van der Waals surface area (Å²) < 4.78 is 39.7. The maximum atomic E-state index is 12.9. The molecule has 1 aliphatic rings. The number of alkyl halides is 3. The third-order valence-corrected chi connectivity index (χ3v) is 5.03. The zero-order chi connectivity index (χ0) is 18.0. The number of fused-ring (bicyclic) bond motifs is 3. The second-order valence-electron chi connectivity index (χ2n) is 5.59. The highest BCUT2D eigenvalue weighted by Crippen LogP contribution is 2.34. The molecule has 1 aromatic carbocycles. The van der Waals surface area contributed by atoms with Gasteiger partial charge in [-0.1, -0.05) is 24.3 Å². The van der Waals surface area contributed by atoms with Crippen molar-refractivity contribution in [3.05, 3.63) is 52.9 Å². The summed E-state index contributed by atoms with van der Waals surface area (Å²) >= 11 is 1.39. The van der Waals surface area contributed by atoms with Gasteiger partial charge in [-0.2, -0.15) is 13.2 Å². The van der Waals surface area contributed by atoms with Crippen LogP contribution in [0.15, 0.2) is 42.5 Å². The highest BCUT2D eigenvalue weighted by atomic mass is 32.1. The summed E-state index contributed by atoms with van der Waals surface area (Å²) in [6.07, 6.45) is 1.05. The van der Waals surface area contributed by atoms with Crippen LogP contribution in [0, 0.1) is 0 Å². The van der Waals surface area contributed by atoms with Gasteiger partial charge in [0, 0.05) is 22.7 Å². The molecule has 0 unspecified atom stereocenters. The van der Waals surface area contributed by atoms with Crippen LogP contribution in [-0.2, 0) is 16.1 Å². The van der Waals surface area contributed by atoms with Gasteiger partial charge in [0.2, 0.25) is 0 Å². The van der Waals surface area contributed by atoms with E-state index in [1.165, 1.54) is 29.6 Å². The van der Waals surface area contributed by atoms with E-state index in [4.69, 9.17) is 0 Å². The van der Waals surface area contributed by atoms with Crippen LogP contribution in [0.5, 0.6) is 0 Å². The lowest BCUT2D eigenvalue weighted by molar-refractivity contribution is -0.186. The number of nitrogens with zero attached hydrogens (tertiary/aromatic N) is 1. The number of halogens is 3. The number of thiophene rings is 1. The molecule has 3 nitrogen and oxygen atoms in total. The third-order valence-electron chi connectivity index (χ3n) is 3.85. The quantitative estimate of drug-likeness (QED) is 0.697. The summed E-state index contributed by atoms with van der Waals surface area (Å²) in [6, 6.07) is 7.32. The second-order valence-corrected chi connectivity index (χ2v) is 6.68. The van der Waals surface area contributed by atoms with Crippen LogP contribution < -0.4 is 0 Å². The smallest absolute Gasteiger partial charge is 0.330 e. The zero-order valence-electron chi connectivity index (χ0n) is 13.0. The maximum Gasteiger partial charge on any atom is 0.471 e. The van der Waals surface area contributed by atoms with Gasteiger partial charge in [0.1, 0.15) is 0 Å². The van der Waals surface area contributed by atoms with E-state index in [2.05, 4.69) is 0 Å². The predicted octanol–water partition coefficient (Wildman–Crippen LogP) is 4.33. The molecule has 0 atom stereocenters. The molecular formula is C18H14F3NO2S. The van der Waals surface area contributed by atoms with Crippen molar-refractivity contribution in [2.45, 2.75) is 19.1 Å². The molecule has 0 N–H and O–H groups in total. The van der Waals surface area contributed by atoms with E-state index in [-0.39, 0.29) is 25.3 Å². The average Bonchev–Trinajstić information content (AvgIpc) is 2.90. The number of allylic oxidation sites excluding steroid dienone is 2. The Kier molecular flexibility index (Phi) is 4.76. The van der Waals surface area contributed by atoms with Crippen molar-refractivity contribution in [1.82, 2.24) is 4.90 Å². The molecule has 0 bridgehead atoms. The average molecular weight is 365 g/mol. The normalized spacial score (nSPS) is 18.5. The summed E-state index contributed by atoms with van der Waals surface area (Å²) in [7, 11) is 0. The van der Waals surface area contributed by atoms with Gasteiger partial charge in [0.15, 0.2) is 5.78 Å². The number of hydrogen-bond donors (Lipinski definition) is 0. The van der Waals surface area contributed by atoms with Gasteiger partial charge in [-0.25, -0.2) is 0 Å². The van der Waals surface area contributed by atoms with Crippen LogP contribution in [0.4, 0.5) is 13.2 Å². The van der Waals surface area contributed by atoms with Gasteiger partial charge in [-0.3, -0.25) is 9.59 Å². The van der Waals surface area contributed by atoms with Crippen LogP contribution in [0.25, 0.3) is 16.2 Å². The predicted molar refractivity (Wildman–Crippen MR) is 91.1 cm³/mol. The van der Waals surface area contributed by atoms with E-state index in [1.54, 1.807) is 12.1 Å². The van der Waals surface area contributed by atoms with Crippen molar-refractivity contribution in [2.24, 2.45) is 0 Å². The molecule has 1 aliphatic heterocycles. The molecule has 0 radical (unpaired) electrons. The Morgan fingerprint density at radius 3 is 2.64 bits per heavy atom. The number of carbonyl (C=O) groups excluding carboxylic acids is 2. The maximum absolute atomic E-state index is 12.9. The van der Waals surface area contributed by atoms with Crippen LogP contribution in [0.2, 0.25) is 0 Å². The Morgan fingerprint density at radius 2 is 1.88 bits per heavy atom. The molecule has 0 saturated carbocycles. The lowest BCUT2D eigenvalue weighted by atomic mass is 10.1. The monoisotopic (exact) mass is 365 g/mol. The van der Waals surface area contributed by atoms with E-state index < -0.39 is 12.1 Å². The van der Waals surface area contributed by atoms with Crippen molar-refractivity contribution < 1.29 is 22.8 Å². The molecular weight excluding hydrogens is 351 g/mol. The Hall–Kier alpha value is -2.41. The first kappa shape index (κ1) is 17.4. The minimum Gasteiger partial charge on any atom is -0.330 e. The summed E-state index contributed by atoms with van der Waals surface area (Å²) in [4.78, 5) is 25.1. The molecule has 0 fully saturated rings. The van der Waals surface area contributed by atoms with E-state index in [0.29, 0.717) is 10.4 Å². The van der Waals surface area contributed by atoms with Gasteiger partial charge in [-0.05, 0) is 41.7 Å². The molecule has 25 heavy (non-hydrogen) atoms. The molecule has 7 heteroatoms. The molecule has 130 valence electrons. The summed E-state index contributed by atoms with van der Waals surface area (Å²) in [5, 5.41) is 0.798. The highest BCUT2D eigenvalue weighted by molar-refractivity contribution is 7.20. The fourth-order valence-corrected chi connectivity index (χ4v) is 3.80. The molecule has 2 aromatic rings. The SMILES string of the molecule is O=C1/C=C\CCN(C(=O)C(F)(F)F)Cc2c(sc3ccccc23)/C=C\1. The first-order valence-electron chi connectivity index (χ1n) is 7.61. The fourth-order valence-electron chi connectivity index (χ4n) is 2.68. The van der Waals surface area contributed by atoms with Gasteiger partial charge >= 0.3 is 12.1 Å². The molecule has 0 aliphatic carbocycles. The Balaban J connectivity index is 2.10. The van der Waals surface area contributed by atoms with Crippen LogP contribution >= 0.6 is 11.3 Å². The fraction of sp³-hybridized carbons (Fsp3) is 0.222. The van der Waals surface area contributed by atoms with E-state index in [1.807, 2.05) is 18.2 Å². The lowest BCUT2D eigenvalue weighted by Gasteiger charge is -2.23. The number of ketones is 1. The van der Waals surface area contributed by atoms with Gasteiger partial charge in [0.05, 0.1) is 0 Å². The molecule has 2 heterocycles. The number of benzene rings is 1. The summed E-state index contributed by atoms with van der Waals surface area (Å²) in [5.74, 6) is -2.10. The first-order chi connectivity index (χ1) is 11.9. The molecule has 1 amide bonds. The number of amides is 1. The number of carbonyl (C=O) groups is 2. The highest BCUT2D eigenvalue weighted by Gasteiger charge is 2.42. The zero-order valence-corrected chi connectivity index (χ0v) is 13.9. The van der Waals surface area contributed by atoms with Crippen molar-refractivity contribution >= 4 is 39.2 Å². The minimum atomic E-state index is -4.93. The Morgan fingerprint density at radius 1 is 1.12 bits per heavy atom. The Bertz CT molecular complexity index is 880. The van der Waals surface area contributed by atoms with Gasteiger partial charge < -0.3 is 4.90 Å². The molecule has 1 aromatic heterocycles. The van der Waals surface area contributed by atoms with Crippen LogP contribution in [0.3, 0.4) is 0 Å². The van der Waals surface area contributed by atoms with E-state index >= 15 is 0 Å². The summed E-state index contributed by atoms with van der Waals surface area (Å²) in [6.45, 7) is -0.254. The number of rotatable bonds is 0. The van der Waals surface area contributed by atoms with Gasteiger partial charge in [-0.15, -0.1) is 11.3 Å². The minimum absolute atomic E-state index is 0.105. The van der Waals surface area contributed by atoms with Crippen LogP contribution in [-0.4, -0.2) is 29.3 Å². The van der Waals surface area contributed by atoms with E-state index in [9.17, 15) is 22.8 Å². The molecule has 0 spiro atoms. The lowest BCUT2D eigenvalue weighted by Crippen LogP contribution is -2.41. The third kappa shape index (κ3) is 3.82. The Labute approximate surface area is 146 Å². The summed E-state index contributed by atoms with van der Waals surface area (Å²) in [5.41, 5.74) is 0.629. The van der Waals surface area contributed by atoms with Crippen molar-refractivity contribution in [2.75, 3.05) is 6.54 Å². The van der Waals surface area contributed by atoms with E-state index in [0.717, 1.165) is 15.0 Å². The van der Waals surface area contributed by atoms with Crippen LogP contribution in [0.1, 0.15) is 16.9 Å². The van der Waals surface area contributed by atoms with Crippen molar-refractivity contribution in [3.63, 3.8) is 0 Å². The van der Waals surface area contributed by atoms with Gasteiger partial charge in [0.25, 0.3) is 0 Å². The second kappa shape index (κ2) is 6.84. The molecule has 3 rings (SSSR count). The first-order valence-corrected chi connectivity index (χ1v) is 8.43. The van der Waals surface area contributed by atoms with Crippen molar-refractivity contribution in [1.29, 1.82) is 0 Å². The standard InChI is InChI=1S/C18H14F3NO2S/c19-18(20,21)17(24)22-10-4-3-5-12(23)8-9-16-14(11-22)13-6-1-2-7-15(13)25-16/h1-3,5-9H,4,10-11H2/b5-3-,9-8-.